The minimum absolute atomic E-state index is 0.151. The van der Waals surface area contributed by atoms with Crippen LogP contribution in [0.1, 0.15) is 48.0 Å². The number of ether oxygens (including phenoxy) is 1. The van der Waals surface area contributed by atoms with E-state index in [1.54, 1.807) is 0 Å². The van der Waals surface area contributed by atoms with Gasteiger partial charge >= 0.3 is 0 Å². The molecule has 2 nitrogen and oxygen atoms in total. The van der Waals surface area contributed by atoms with Crippen LogP contribution in [-0.2, 0) is 4.74 Å². The summed E-state index contributed by atoms with van der Waals surface area (Å²) >= 11 is 0. The number of hydrogen-bond donors (Lipinski definition) is 1. The molecule has 0 aliphatic heterocycles. The largest absolute Gasteiger partial charge is 0.376 e. The van der Waals surface area contributed by atoms with Gasteiger partial charge in [0, 0.05) is 12.6 Å². The lowest BCUT2D eigenvalue weighted by Crippen LogP contribution is -2.48. The second-order valence-electron chi connectivity index (χ2n) is 5.57. The standard InChI is InChI=1S/C14H29NO/c1-8-15-12(10-11(3)4)13(16-9-2)14(5,6)7/h12-13,15H,3,8-10H2,1-2,4-7H3. The van der Waals surface area contributed by atoms with Gasteiger partial charge in [0.2, 0.25) is 0 Å². The zero-order valence-electron chi connectivity index (χ0n) is 11.9. The average Bonchev–Trinajstić information content (AvgIpc) is 2.11. The van der Waals surface area contributed by atoms with E-state index in [1.807, 2.05) is 0 Å². The average molecular weight is 227 g/mol. The van der Waals surface area contributed by atoms with Crippen molar-refractivity contribution in [3.63, 3.8) is 0 Å². The lowest BCUT2D eigenvalue weighted by atomic mass is 9.82. The Kier molecular flexibility index (Phi) is 6.93. The number of hydrogen-bond acceptors (Lipinski definition) is 2. The molecule has 0 spiro atoms. The molecule has 2 atom stereocenters. The molecule has 0 aliphatic carbocycles. The Labute approximate surface area is 101 Å². The van der Waals surface area contributed by atoms with Gasteiger partial charge < -0.3 is 10.1 Å². The molecule has 0 heterocycles. The van der Waals surface area contributed by atoms with Gasteiger partial charge in [0.25, 0.3) is 0 Å². The van der Waals surface area contributed by atoms with Crippen molar-refractivity contribution < 1.29 is 4.74 Å². The van der Waals surface area contributed by atoms with Crippen LogP contribution >= 0.6 is 0 Å². The van der Waals surface area contributed by atoms with Crippen molar-refractivity contribution in [2.45, 2.75) is 60.1 Å². The van der Waals surface area contributed by atoms with Crippen LogP contribution in [0.2, 0.25) is 0 Å². The Hall–Kier alpha value is -0.340. The molecule has 1 N–H and O–H groups in total. The lowest BCUT2D eigenvalue weighted by Gasteiger charge is -2.37. The third kappa shape index (κ3) is 5.66. The number of nitrogens with one attached hydrogen (secondary N) is 1. The summed E-state index contributed by atoms with van der Waals surface area (Å²) in [5, 5.41) is 3.52. The quantitative estimate of drug-likeness (QED) is 0.673. The SMILES string of the molecule is C=C(C)CC(NCC)C(OCC)C(C)(C)C. The predicted molar refractivity (Wildman–Crippen MR) is 71.8 cm³/mol. The molecule has 0 bridgehead atoms. The fourth-order valence-corrected chi connectivity index (χ4v) is 2.07. The Bertz CT molecular complexity index is 205. The Balaban J connectivity index is 4.71. The first-order valence-corrected chi connectivity index (χ1v) is 6.32. The van der Waals surface area contributed by atoms with Crippen LogP contribution in [0, 0.1) is 5.41 Å². The van der Waals surface area contributed by atoms with E-state index in [2.05, 4.69) is 53.4 Å². The van der Waals surface area contributed by atoms with Crippen molar-refractivity contribution in [3.8, 4) is 0 Å². The predicted octanol–water partition coefficient (Wildman–Crippen LogP) is 3.38. The Morgan fingerprint density at radius 3 is 2.19 bits per heavy atom. The van der Waals surface area contributed by atoms with Crippen LogP contribution in [0.5, 0.6) is 0 Å². The third-order valence-corrected chi connectivity index (χ3v) is 2.60. The van der Waals surface area contributed by atoms with Crippen LogP contribution in [0.15, 0.2) is 12.2 Å². The van der Waals surface area contributed by atoms with Gasteiger partial charge in [0.1, 0.15) is 0 Å². The minimum Gasteiger partial charge on any atom is -0.376 e. The second kappa shape index (κ2) is 7.08. The maximum Gasteiger partial charge on any atom is 0.0779 e. The van der Waals surface area contributed by atoms with Crippen LogP contribution in [0.25, 0.3) is 0 Å². The molecule has 0 amide bonds. The van der Waals surface area contributed by atoms with Crippen LogP contribution in [0.4, 0.5) is 0 Å². The number of likely N-dealkylation sites (N-methyl/N-ethyl adjacent to an activating group) is 1. The van der Waals surface area contributed by atoms with Crippen molar-refractivity contribution >= 4 is 0 Å². The topological polar surface area (TPSA) is 21.3 Å². The summed E-state index contributed by atoms with van der Waals surface area (Å²) in [6.45, 7) is 18.7. The van der Waals surface area contributed by atoms with Gasteiger partial charge in [0.05, 0.1) is 6.10 Å². The molecule has 0 rings (SSSR count). The van der Waals surface area contributed by atoms with E-state index in [0.29, 0.717) is 6.04 Å². The third-order valence-electron chi connectivity index (χ3n) is 2.60. The Morgan fingerprint density at radius 2 is 1.88 bits per heavy atom. The van der Waals surface area contributed by atoms with E-state index in [4.69, 9.17) is 4.74 Å². The summed E-state index contributed by atoms with van der Waals surface area (Å²) < 4.78 is 5.92. The summed E-state index contributed by atoms with van der Waals surface area (Å²) in [4.78, 5) is 0. The molecule has 0 saturated carbocycles. The van der Waals surface area contributed by atoms with Gasteiger partial charge in [0.15, 0.2) is 0 Å². The fraction of sp³-hybridized carbons (Fsp3) is 0.857. The zero-order chi connectivity index (χ0) is 12.8. The van der Waals surface area contributed by atoms with Crippen LogP contribution in [-0.4, -0.2) is 25.3 Å². The summed E-state index contributed by atoms with van der Waals surface area (Å²) in [5.41, 5.74) is 1.36. The zero-order valence-corrected chi connectivity index (χ0v) is 11.9. The minimum atomic E-state index is 0.151. The van der Waals surface area contributed by atoms with Crippen molar-refractivity contribution in [2.75, 3.05) is 13.2 Å². The van der Waals surface area contributed by atoms with E-state index < -0.39 is 0 Å². The maximum atomic E-state index is 5.92. The monoisotopic (exact) mass is 227 g/mol. The van der Waals surface area contributed by atoms with E-state index in [1.165, 1.54) is 5.57 Å². The van der Waals surface area contributed by atoms with Gasteiger partial charge in [-0.3, -0.25) is 0 Å². The maximum absolute atomic E-state index is 5.92. The van der Waals surface area contributed by atoms with Crippen LogP contribution in [0.3, 0.4) is 0 Å². The van der Waals surface area contributed by atoms with E-state index in [-0.39, 0.29) is 11.5 Å². The highest BCUT2D eigenvalue weighted by Crippen LogP contribution is 2.27. The van der Waals surface area contributed by atoms with Crippen molar-refractivity contribution in [3.05, 3.63) is 12.2 Å². The Morgan fingerprint density at radius 1 is 1.31 bits per heavy atom. The molecule has 0 aromatic rings. The summed E-state index contributed by atoms with van der Waals surface area (Å²) in [5.74, 6) is 0. The van der Waals surface area contributed by atoms with Crippen molar-refractivity contribution in [1.82, 2.24) is 5.32 Å². The molecule has 0 aliphatic rings. The van der Waals surface area contributed by atoms with Crippen molar-refractivity contribution in [2.24, 2.45) is 5.41 Å². The smallest absolute Gasteiger partial charge is 0.0779 e. The van der Waals surface area contributed by atoms with Crippen molar-refractivity contribution in [1.29, 1.82) is 0 Å². The molecule has 0 fully saturated rings. The highest BCUT2D eigenvalue weighted by molar-refractivity contribution is 4.98. The van der Waals surface area contributed by atoms with Gasteiger partial charge in [-0.1, -0.05) is 33.3 Å². The fourth-order valence-electron chi connectivity index (χ4n) is 2.07. The van der Waals surface area contributed by atoms with E-state index in [9.17, 15) is 0 Å². The normalized spacial score (nSPS) is 15.9. The molecular weight excluding hydrogens is 198 g/mol. The highest BCUT2D eigenvalue weighted by atomic mass is 16.5. The summed E-state index contributed by atoms with van der Waals surface area (Å²) in [6, 6.07) is 0.363. The van der Waals surface area contributed by atoms with Gasteiger partial charge in [-0.15, -0.1) is 6.58 Å². The molecule has 0 radical (unpaired) electrons. The number of rotatable bonds is 7. The molecule has 0 aromatic heterocycles. The first-order chi connectivity index (χ1) is 7.32. The molecule has 0 saturated heterocycles. The molecular formula is C14H29NO. The first-order valence-electron chi connectivity index (χ1n) is 6.32. The lowest BCUT2D eigenvalue weighted by molar-refractivity contribution is -0.0351. The van der Waals surface area contributed by atoms with Gasteiger partial charge in [-0.25, -0.2) is 0 Å². The first kappa shape index (κ1) is 15.7. The van der Waals surface area contributed by atoms with E-state index in [0.717, 1.165) is 19.6 Å². The van der Waals surface area contributed by atoms with Gasteiger partial charge in [-0.2, -0.15) is 0 Å². The summed E-state index contributed by atoms with van der Waals surface area (Å²) in [6.07, 6.45) is 1.21. The van der Waals surface area contributed by atoms with Crippen LogP contribution < -0.4 is 5.32 Å². The molecule has 2 unspecified atom stereocenters. The molecule has 2 heteroatoms. The van der Waals surface area contributed by atoms with E-state index >= 15 is 0 Å². The second-order valence-corrected chi connectivity index (χ2v) is 5.57. The van der Waals surface area contributed by atoms with Gasteiger partial charge in [-0.05, 0) is 32.2 Å². The molecule has 0 aromatic carbocycles. The molecule has 16 heavy (non-hydrogen) atoms. The highest BCUT2D eigenvalue weighted by Gasteiger charge is 2.32. The summed E-state index contributed by atoms with van der Waals surface area (Å²) in [7, 11) is 0. The molecule has 96 valence electrons.